The van der Waals surface area contributed by atoms with Gasteiger partial charge in [-0.25, -0.2) is 0 Å². The number of ketones is 1. The minimum absolute atomic E-state index is 0.125. The van der Waals surface area contributed by atoms with Crippen LogP contribution in [-0.2, 0) is 9.59 Å². The van der Waals surface area contributed by atoms with Gasteiger partial charge in [0.2, 0.25) is 0 Å². The number of hydrogen-bond acceptors (Lipinski definition) is 2. The molecule has 0 aromatic carbocycles. The van der Waals surface area contributed by atoms with Crippen LogP contribution in [-0.4, -0.2) is 21.2 Å². The minimum Gasteiger partial charge on any atom is -0.481 e. The molecule has 0 radical (unpaired) electrons. The molecule has 0 atom stereocenters. The zero-order valence-corrected chi connectivity index (χ0v) is 9.64. The first kappa shape index (κ1) is 11.2. The van der Waals surface area contributed by atoms with Crippen molar-refractivity contribution in [1.29, 1.82) is 0 Å². The maximum atomic E-state index is 11.3. The van der Waals surface area contributed by atoms with E-state index in [4.69, 9.17) is 28.3 Å². The van der Waals surface area contributed by atoms with E-state index < -0.39 is 10.3 Å². The Kier molecular flexibility index (Phi) is 2.51. The summed E-state index contributed by atoms with van der Waals surface area (Å²) in [6.07, 6.45) is 2.84. The first-order valence-corrected chi connectivity index (χ1v) is 5.79. The molecule has 5 heteroatoms. The highest BCUT2D eigenvalue weighted by atomic mass is 35.5. The number of hydrogen-bond donors (Lipinski definition) is 1. The van der Waals surface area contributed by atoms with Crippen molar-refractivity contribution < 1.29 is 14.7 Å². The number of carbonyl (C=O) groups excluding carboxylic acids is 1. The van der Waals surface area contributed by atoms with E-state index in [-0.39, 0.29) is 17.1 Å². The lowest BCUT2D eigenvalue weighted by atomic mass is 9.57. The molecule has 2 aliphatic rings. The van der Waals surface area contributed by atoms with Crippen LogP contribution in [0.1, 0.15) is 32.1 Å². The van der Waals surface area contributed by atoms with Crippen LogP contribution >= 0.6 is 23.2 Å². The summed E-state index contributed by atoms with van der Waals surface area (Å²) >= 11 is 12.0. The lowest BCUT2D eigenvalue weighted by Gasteiger charge is -2.53. The molecule has 0 aliphatic heterocycles. The monoisotopic (exact) mass is 250 g/mol. The van der Waals surface area contributed by atoms with Gasteiger partial charge in [-0.3, -0.25) is 9.59 Å². The molecular weight excluding hydrogens is 239 g/mol. The van der Waals surface area contributed by atoms with Crippen LogP contribution in [0.3, 0.4) is 0 Å². The molecule has 0 heterocycles. The highest BCUT2D eigenvalue weighted by Crippen LogP contribution is 2.62. The molecular formula is C10H12Cl2O3. The number of Topliss-reactive ketones (excluding diaryl/α,β-unsaturated/α-hetero) is 1. The van der Waals surface area contributed by atoms with Crippen LogP contribution in [0.15, 0.2) is 0 Å². The third-order valence-electron chi connectivity index (χ3n) is 3.81. The number of alkyl halides is 2. The van der Waals surface area contributed by atoms with Gasteiger partial charge in [0, 0.05) is 11.8 Å². The zero-order chi connectivity index (χ0) is 11.3. The number of carbonyl (C=O) groups is 2. The van der Waals surface area contributed by atoms with Gasteiger partial charge in [-0.2, -0.15) is 0 Å². The summed E-state index contributed by atoms with van der Waals surface area (Å²) in [5.74, 6) is -1.18. The van der Waals surface area contributed by atoms with Gasteiger partial charge in [0.1, 0.15) is 0 Å². The Morgan fingerprint density at radius 2 is 1.87 bits per heavy atom. The van der Waals surface area contributed by atoms with Crippen molar-refractivity contribution in [1.82, 2.24) is 0 Å². The molecule has 0 amide bonds. The second-order valence-corrected chi connectivity index (χ2v) is 5.89. The largest absolute Gasteiger partial charge is 0.481 e. The van der Waals surface area contributed by atoms with E-state index in [2.05, 4.69) is 0 Å². The Morgan fingerprint density at radius 3 is 2.20 bits per heavy atom. The average Bonchev–Trinajstić information content (AvgIpc) is 2.18. The topological polar surface area (TPSA) is 54.4 Å². The molecule has 84 valence electrons. The highest BCUT2D eigenvalue weighted by molar-refractivity contribution is 6.61. The van der Waals surface area contributed by atoms with E-state index in [0.29, 0.717) is 32.1 Å². The van der Waals surface area contributed by atoms with Gasteiger partial charge in [0.15, 0.2) is 10.1 Å². The lowest BCUT2D eigenvalue weighted by Crippen LogP contribution is -2.59. The highest BCUT2D eigenvalue weighted by Gasteiger charge is 2.64. The lowest BCUT2D eigenvalue weighted by molar-refractivity contribution is -0.146. The van der Waals surface area contributed by atoms with Crippen LogP contribution < -0.4 is 0 Å². The van der Waals surface area contributed by atoms with E-state index in [9.17, 15) is 9.59 Å². The van der Waals surface area contributed by atoms with Crippen LogP contribution in [0.4, 0.5) is 0 Å². The van der Waals surface area contributed by atoms with Gasteiger partial charge in [0.25, 0.3) is 0 Å². The Balaban J connectivity index is 2.05. The van der Waals surface area contributed by atoms with Crippen molar-refractivity contribution in [2.24, 2.45) is 11.3 Å². The van der Waals surface area contributed by atoms with Crippen molar-refractivity contribution in [2.75, 3.05) is 0 Å². The fraction of sp³-hybridized carbons (Fsp3) is 0.800. The first-order valence-electron chi connectivity index (χ1n) is 5.03. The fourth-order valence-corrected chi connectivity index (χ4v) is 3.27. The number of halogens is 2. The molecule has 0 aromatic heterocycles. The summed E-state index contributed by atoms with van der Waals surface area (Å²) in [4.78, 5) is 22.0. The Hall–Kier alpha value is -0.280. The average molecular weight is 251 g/mol. The second kappa shape index (κ2) is 3.36. The molecule has 2 rings (SSSR count). The van der Waals surface area contributed by atoms with Crippen LogP contribution in [0.2, 0.25) is 0 Å². The van der Waals surface area contributed by atoms with Gasteiger partial charge in [-0.1, -0.05) is 23.2 Å². The standard InChI is InChI=1S/C10H12Cl2O3/c11-10(12)7(13)5-9(10)3-1-6(2-4-9)8(14)15/h6H,1-5H2,(H,14,15). The molecule has 1 spiro atoms. The first-order chi connectivity index (χ1) is 6.89. The van der Waals surface area contributed by atoms with Gasteiger partial charge < -0.3 is 5.11 Å². The molecule has 15 heavy (non-hydrogen) atoms. The van der Waals surface area contributed by atoms with Crippen molar-refractivity contribution in [2.45, 2.75) is 36.4 Å². The third kappa shape index (κ3) is 1.48. The molecule has 2 saturated carbocycles. The molecule has 2 aliphatic carbocycles. The summed E-state index contributed by atoms with van der Waals surface area (Å²) in [7, 11) is 0. The van der Waals surface area contributed by atoms with Gasteiger partial charge >= 0.3 is 5.97 Å². The third-order valence-corrected chi connectivity index (χ3v) is 5.03. The summed E-state index contributed by atoms with van der Waals surface area (Å²) < 4.78 is -1.27. The number of aliphatic carboxylic acids is 1. The second-order valence-electron chi connectivity index (χ2n) is 4.57. The van der Waals surface area contributed by atoms with Crippen LogP contribution in [0, 0.1) is 11.3 Å². The predicted molar refractivity (Wildman–Crippen MR) is 56.1 cm³/mol. The Labute approximate surface area is 97.7 Å². The normalized spacial score (nSPS) is 38.8. The number of carboxylic acid groups (broad SMARTS) is 1. The molecule has 0 aromatic rings. The maximum absolute atomic E-state index is 11.3. The summed E-state index contributed by atoms with van der Waals surface area (Å²) in [6, 6.07) is 0. The smallest absolute Gasteiger partial charge is 0.306 e. The van der Waals surface area contributed by atoms with Crippen molar-refractivity contribution in [3.63, 3.8) is 0 Å². The molecule has 2 fully saturated rings. The molecule has 0 saturated heterocycles. The van der Waals surface area contributed by atoms with Gasteiger partial charge in [0.05, 0.1) is 5.92 Å². The van der Waals surface area contributed by atoms with E-state index >= 15 is 0 Å². The molecule has 3 nitrogen and oxygen atoms in total. The molecule has 0 bridgehead atoms. The van der Waals surface area contributed by atoms with Gasteiger partial charge in [-0.05, 0) is 25.7 Å². The van der Waals surface area contributed by atoms with Crippen LogP contribution in [0.5, 0.6) is 0 Å². The van der Waals surface area contributed by atoms with E-state index in [1.165, 1.54) is 0 Å². The van der Waals surface area contributed by atoms with Gasteiger partial charge in [-0.15, -0.1) is 0 Å². The summed E-state index contributed by atoms with van der Waals surface area (Å²) in [6.45, 7) is 0. The van der Waals surface area contributed by atoms with E-state index in [0.717, 1.165) is 0 Å². The number of rotatable bonds is 1. The van der Waals surface area contributed by atoms with Crippen molar-refractivity contribution in [3.8, 4) is 0 Å². The quantitative estimate of drug-likeness (QED) is 0.728. The maximum Gasteiger partial charge on any atom is 0.306 e. The molecule has 0 unspecified atom stereocenters. The zero-order valence-electron chi connectivity index (χ0n) is 8.13. The van der Waals surface area contributed by atoms with Crippen molar-refractivity contribution in [3.05, 3.63) is 0 Å². The van der Waals surface area contributed by atoms with E-state index in [1.54, 1.807) is 0 Å². The minimum atomic E-state index is -1.27. The van der Waals surface area contributed by atoms with Crippen LogP contribution in [0.25, 0.3) is 0 Å². The Morgan fingerprint density at radius 1 is 1.33 bits per heavy atom. The SMILES string of the molecule is O=C(O)C1CCC2(CC1)CC(=O)C2(Cl)Cl. The van der Waals surface area contributed by atoms with E-state index in [1.807, 2.05) is 0 Å². The fourth-order valence-electron chi connectivity index (χ4n) is 2.63. The summed E-state index contributed by atoms with van der Waals surface area (Å²) in [5.41, 5.74) is -0.348. The van der Waals surface area contributed by atoms with Crippen molar-refractivity contribution >= 4 is 35.0 Å². The Bertz CT molecular complexity index is 317. The summed E-state index contributed by atoms with van der Waals surface area (Å²) in [5, 5.41) is 8.85. The molecule has 1 N–H and O–H groups in total. The number of carboxylic acids is 1. The predicted octanol–water partition coefficient (Wildman–Crippen LogP) is 2.39.